The van der Waals surface area contributed by atoms with Crippen molar-refractivity contribution in [1.82, 2.24) is 15.2 Å². The maximum atomic E-state index is 11.6. The average molecular weight is 271 g/mol. The molecule has 1 amide bonds. The van der Waals surface area contributed by atoms with Crippen LogP contribution in [0.4, 0.5) is 0 Å². The summed E-state index contributed by atoms with van der Waals surface area (Å²) in [5, 5.41) is 2.92. The van der Waals surface area contributed by atoms with Crippen molar-refractivity contribution in [2.45, 2.75) is 19.5 Å². The molecule has 1 saturated heterocycles. The van der Waals surface area contributed by atoms with Gasteiger partial charge in [-0.05, 0) is 5.56 Å². The van der Waals surface area contributed by atoms with Gasteiger partial charge in [-0.15, -0.1) is 0 Å². The number of hydrogen-bond acceptors (Lipinski definition) is 4. The van der Waals surface area contributed by atoms with E-state index in [0.29, 0.717) is 25.5 Å². The molecule has 104 valence electrons. The Morgan fingerprint density at radius 3 is 2.90 bits per heavy atom. The number of amides is 1. The maximum Gasteiger partial charge on any atom is 0.234 e. The third-order valence-corrected chi connectivity index (χ3v) is 3.49. The monoisotopic (exact) mass is 271 g/mol. The molecule has 1 atom stereocenters. The molecule has 1 unspecified atom stereocenters. The van der Waals surface area contributed by atoms with Gasteiger partial charge in [0, 0.05) is 13.5 Å². The third kappa shape index (κ3) is 2.72. The van der Waals surface area contributed by atoms with E-state index in [1.165, 1.54) is 5.56 Å². The van der Waals surface area contributed by atoms with E-state index in [1.807, 2.05) is 25.1 Å². The normalized spacial score (nSPS) is 19.9. The summed E-state index contributed by atoms with van der Waals surface area (Å²) in [5.74, 6) is 1.49. The molecule has 5 heteroatoms. The summed E-state index contributed by atoms with van der Waals surface area (Å²) in [7, 11) is 0. The van der Waals surface area contributed by atoms with Gasteiger partial charge in [0.25, 0.3) is 0 Å². The van der Waals surface area contributed by atoms with Gasteiger partial charge in [0.15, 0.2) is 5.89 Å². The number of rotatable bonds is 3. The molecule has 1 aliphatic heterocycles. The fourth-order valence-electron chi connectivity index (χ4n) is 2.54. The van der Waals surface area contributed by atoms with Crippen LogP contribution >= 0.6 is 0 Å². The second-order valence-corrected chi connectivity index (χ2v) is 4.98. The summed E-state index contributed by atoms with van der Waals surface area (Å²) in [5.41, 5.74) is 1.20. The Morgan fingerprint density at radius 2 is 2.20 bits per heavy atom. The van der Waals surface area contributed by atoms with Crippen molar-refractivity contribution in [2.24, 2.45) is 0 Å². The molecule has 2 aromatic rings. The summed E-state index contributed by atoms with van der Waals surface area (Å²) < 4.78 is 5.52. The number of benzene rings is 1. The Balaban J connectivity index is 1.82. The molecule has 1 fully saturated rings. The van der Waals surface area contributed by atoms with Gasteiger partial charge in [-0.1, -0.05) is 30.3 Å². The van der Waals surface area contributed by atoms with E-state index in [-0.39, 0.29) is 11.9 Å². The lowest BCUT2D eigenvalue weighted by Gasteiger charge is -2.35. The van der Waals surface area contributed by atoms with Gasteiger partial charge in [-0.2, -0.15) is 0 Å². The molecule has 1 N–H and O–H groups in total. The number of hydrogen-bond donors (Lipinski definition) is 1. The molecular weight excluding hydrogens is 254 g/mol. The van der Waals surface area contributed by atoms with Crippen LogP contribution in [0.3, 0.4) is 0 Å². The molecule has 1 aromatic heterocycles. The first-order valence-electron chi connectivity index (χ1n) is 6.69. The zero-order valence-corrected chi connectivity index (χ0v) is 11.4. The fourth-order valence-corrected chi connectivity index (χ4v) is 2.54. The van der Waals surface area contributed by atoms with Crippen LogP contribution in [0.1, 0.15) is 23.3 Å². The van der Waals surface area contributed by atoms with E-state index in [2.05, 4.69) is 27.3 Å². The highest BCUT2D eigenvalue weighted by molar-refractivity contribution is 5.79. The van der Waals surface area contributed by atoms with E-state index in [0.717, 1.165) is 5.76 Å². The van der Waals surface area contributed by atoms with E-state index in [1.54, 1.807) is 6.20 Å². The largest absolute Gasteiger partial charge is 0.445 e. The number of oxazole rings is 1. The van der Waals surface area contributed by atoms with Crippen molar-refractivity contribution in [3.8, 4) is 0 Å². The van der Waals surface area contributed by atoms with Crippen molar-refractivity contribution < 1.29 is 9.21 Å². The van der Waals surface area contributed by atoms with Crippen LogP contribution in [0.5, 0.6) is 0 Å². The summed E-state index contributed by atoms with van der Waals surface area (Å²) in [6.45, 7) is 3.41. The smallest absolute Gasteiger partial charge is 0.234 e. The van der Waals surface area contributed by atoms with Gasteiger partial charge in [-0.25, -0.2) is 4.98 Å². The van der Waals surface area contributed by atoms with Crippen molar-refractivity contribution in [3.63, 3.8) is 0 Å². The number of aryl methyl sites for hydroxylation is 1. The van der Waals surface area contributed by atoms with Crippen molar-refractivity contribution in [2.75, 3.05) is 13.1 Å². The number of carbonyl (C=O) groups excluding carboxylic acids is 1. The van der Waals surface area contributed by atoms with Crippen LogP contribution in [0, 0.1) is 6.92 Å². The standard InChI is InChI=1S/C15H17N3O2/c1-11-16-7-13(20-11)9-18-10-15(19)17-8-14(18)12-5-3-2-4-6-12/h2-7,14H,8-10H2,1H3,(H,17,19). The fraction of sp³-hybridized carbons (Fsp3) is 0.333. The van der Waals surface area contributed by atoms with Crippen molar-refractivity contribution >= 4 is 5.91 Å². The summed E-state index contributed by atoms with van der Waals surface area (Å²) in [4.78, 5) is 17.9. The second-order valence-electron chi connectivity index (χ2n) is 4.98. The minimum Gasteiger partial charge on any atom is -0.445 e. The minimum atomic E-state index is 0.0495. The van der Waals surface area contributed by atoms with E-state index < -0.39 is 0 Å². The third-order valence-electron chi connectivity index (χ3n) is 3.49. The lowest BCUT2D eigenvalue weighted by atomic mass is 10.0. The Kier molecular flexibility index (Phi) is 3.52. The highest BCUT2D eigenvalue weighted by atomic mass is 16.4. The van der Waals surface area contributed by atoms with Crippen molar-refractivity contribution in [1.29, 1.82) is 0 Å². The van der Waals surface area contributed by atoms with Crippen LogP contribution in [-0.2, 0) is 11.3 Å². The van der Waals surface area contributed by atoms with Crippen LogP contribution in [-0.4, -0.2) is 28.9 Å². The summed E-state index contributed by atoms with van der Waals surface area (Å²) >= 11 is 0. The van der Waals surface area contributed by atoms with Gasteiger partial charge < -0.3 is 9.73 Å². The van der Waals surface area contributed by atoms with Crippen LogP contribution in [0.25, 0.3) is 0 Å². The molecule has 1 aliphatic rings. The van der Waals surface area contributed by atoms with E-state index >= 15 is 0 Å². The minimum absolute atomic E-state index is 0.0495. The number of nitrogens with zero attached hydrogens (tertiary/aromatic N) is 2. The zero-order valence-electron chi connectivity index (χ0n) is 11.4. The molecule has 0 radical (unpaired) electrons. The molecule has 0 spiro atoms. The quantitative estimate of drug-likeness (QED) is 0.922. The maximum absolute atomic E-state index is 11.6. The predicted molar refractivity (Wildman–Crippen MR) is 73.8 cm³/mol. The number of aromatic nitrogens is 1. The van der Waals surface area contributed by atoms with Gasteiger partial charge in [0.05, 0.1) is 25.3 Å². The molecule has 20 heavy (non-hydrogen) atoms. The lowest BCUT2D eigenvalue weighted by Crippen LogP contribution is -2.49. The highest BCUT2D eigenvalue weighted by Crippen LogP contribution is 2.24. The first kappa shape index (κ1) is 12.9. The van der Waals surface area contributed by atoms with Crippen LogP contribution in [0.15, 0.2) is 40.9 Å². The Bertz CT molecular complexity index is 594. The molecule has 2 heterocycles. The average Bonchev–Trinajstić information content (AvgIpc) is 2.85. The van der Waals surface area contributed by atoms with Gasteiger partial charge in [-0.3, -0.25) is 9.69 Å². The molecular formula is C15H17N3O2. The van der Waals surface area contributed by atoms with Gasteiger partial charge in [0.2, 0.25) is 5.91 Å². The highest BCUT2D eigenvalue weighted by Gasteiger charge is 2.28. The van der Waals surface area contributed by atoms with Crippen LogP contribution in [0.2, 0.25) is 0 Å². The van der Waals surface area contributed by atoms with Gasteiger partial charge >= 0.3 is 0 Å². The lowest BCUT2D eigenvalue weighted by molar-refractivity contribution is -0.126. The Labute approximate surface area is 117 Å². The number of carbonyl (C=O) groups is 1. The number of piperazine rings is 1. The molecule has 5 nitrogen and oxygen atoms in total. The first-order chi connectivity index (χ1) is 9.72. The summed E-state index contributed by atoms with van der Waals surface area (Å²) in [6, 6.07) is 10.4. The van der Waals surface area contributed by atoms with E-state index in [9.17, 15) is 4.79 Å². The molecule has 0 aliphatic carbocycles. The molecule has 1 aromatic carbocycles. The predicted octanol–water partition coefficient (Wildman–Crippen LogP) is 1.66. The SMILES string of the molecule is Cc1ncc(CN2CC(=O)NCC2c2ccccc2)o1. The zero-order chi connectivity index (χ0) is 13.9. The first-order valence-corrected chi connectivity index (χ1v) is 6.69. The molecule has 0 saturated carbocycles. The Morgan fingerprint density at radius 1 is 1.40 bits per heavy atom. The van der Waals surface area contributed by atoms with Crippen LogP contribution < -0.4 is 5.32 Å². The number of nitrogens with one attached hydrogen (secondary N) is 1. The van der Waals surface area contributed by atoms with Crippen molar-refractivity contribution in [3.05, 3.63) is 53.7 Å². The second kappa shape index (κ2) is 5.46. The topological polar surface area (TPSA) is 58.4 Å². The molecule has 0 bridgehead atoms. The van der Waals surface area contributed by atoms with Gasteiger partial charge in [0.1, 0.15) is 5.76 Å². The Hall–Kier alpha value is -2.14. The summed E-state index contributed by atoms with van der Waals surface area (Å²) in [6.07, 6.45) is 1.73. The van der Waals surface area contributed by atoms with E-state index in [4.69, 9.17) is 4.42 Å². The molecule has 3 rings (SSSR count).